The van der Waals surface area contributed by atoms with E-state index >= 15 is 0 Å². The molecule has 0 aliphatic rings. The summed E-state index contributed by atoms with van der Waals surface area (Å²) in [6, 6.07) is 7.74. The molecule has 0 radical (unpaired) electrons. The highest BCUT2D eigenvalue weighted by molar-refractivity contribution is 6.30. The molecule has 0 nitrogen and oxygen atoms in total. The fraction of sp³-hybridized carbons (Fsp3) is 0.455. The third kappa shape index (κ3) is 2.36. The minimum Gasteiger partial charge on any atom is -0.126 e. The number of rotatable bonds is 4. The van der Waals surface area contributed by atoms with Crippen LogP contribution in [-0.2, 0) is 5.41 Å². The lowest BCUT2D eigenvalue weighted by Gasteiger charge is -2.28. The lowest BCUT2D eigenvalue weighted by molar-refractivity contribution is 0.520. The van der Waals surface area contributed by atoms with Crippen LogP contribution in [0.1, 0.15) is 18.9 Å². The molecule has 0 saturated carbocycles. The number of hydrogen-bond donors (Lipinski definition) is 0. The van der Waals surface area contributed by atoms with Crippen molar-refractivity contribution in [3.63, 3.8) is 0 Å². The molecule has 78 valence electrons. The van der Waals surface area contributed by atoms with Gasteiger partial charge in [-0.15, -0.1) is 23.2 Å². The van der Waals surface area contributed by atoms with Crippen molar-refractivity contribution in [2.45, 2.75) is 18.8 Å². The first kappa shape index (κ1) is 12.2. The van der Waals surface area contributed by atoms with Crippen LogP contribution in [0.2, 0.25) is 5.02 Å². The SMILES string of the molecule is CCC(CCl)(CCl)c1ccc(Cl)cc1. The fourth-order valence-corrected chi connectivity index (χ4v) is 2.48. The third-order valence-corrected chi connectivity index (χ3v) is 3.92. The summed E-state index contributed by atoms with van der Waals surface area (Å²) < 4.78 is 0. The van der Waals surface area contributed by atoms with Crippen LogP contribution in [0.5, 0.6) is 0 Å². The Hall–Kier alpha value is 0.0900. The molecule has 1 rings (SSSR count). The minimum atomic E-state index is -0.117. The van der Waals surface area contributed by atoms with Crippen LogP contribution in [-0.4, -0.2) is 11.8 Å². The molecule has 1 aromatic rings. The predicted molar refractivity (Wildman–Crippen MR) is 64.9 cm³/mol. The normalized spacial score (nSPS) is 11.7. The van der Waals surface area contributed by atoms with Crippen molar-refractivity contribution in [2.75, 3.05) is 11.8 Å². The van der Waals surface area contributed by atoms with Crippen LogP contribution in [0.3, 0.4) is 0 Å². The molecular weight excluding hydrogens is 238 g/mol. The van der Waals surface area contributed by atoms with Gasteiger partial charge in [0.15, 0.2) is 0 Å². The highest BCUT2D eigenvalue weighted by Crippen LogP contribution is 2.31. The van der Waals surface area contributed by atoms with Crippen molar-refractivity contribution in [2.24, 2.45) is 0 Å². The summed E-state index contributed by atoms with van der Waals surface area (Å²) in [6.07, 6.45) is 0.932. The van der Waals surface area contributed by atoms with E-state index in [-0.39, 0.29) is 5.41 Å². The maximum atomic E-state index is 5.98. The first-order valence-corrected chi connectivity index (χ1v) is 6.01. The lowest BCUT2D eigenvalue weighted by Crippen LogP contribution is -2.29. The van der Waals surface area contributed by atoms with Gasteiger partial charge in [0, 0.05) is 22.2 Å². The molecule has 3 heteroatoms. The molecule has 0 bridgehead atoms. The second-order valence-electron chi connectivity index (χ2n) is 3.41. The van der Waals surface area contributed by atoms with Crippen molar-refractivity contribution in [1.82, 2.24) is 0 Å². The Labute approximate surface area is 100 Å². The first-order valence-electron chi connectivity index (χ1n) is 4.56. The van der Waals surface area contributed by atoms with Gasteiger partial charge in [-0.1, -0.05) is 30.7 Å². The van der Waals surface area contributed by atoms with Crippen molar-refractivity contribution < 1.29 is 0 Å². The van der Waals surface area contributed by atoms with E-state index in [4.69, 9.17) is 34.8 Å². The number of halogens is 3. The van der Waals surface area contributed by atoms with Crippen LogP contribution >= 0.6 is 34.8 Å². The van der Waals surface area contributed by atoms with E-state index in [1.165, 1.54) is 0 Å². The standard InChI is InChI=1S/C11H13Cl3/c1-2-11(7-12,8-13)9-3-5-10(14)6-4-9/h3-6H,2,7-8H2,1H3. The Bertz CT molecular complexity index is 267. The molecule has 0 saturated heterocycles. The summed E-state index contributed by atoms with van der Waals surface area (Å²) in [7, 11) is 0. The quantitative estimate of drug-likeness (QED) is 0.693. The van der Waals surface area contributed by atoms with Gasteiger partial charge in [0.1, 0.15) is 0 Å². The third-order valence-electron chi connectivity index (χ3n) is 2.64. The van der Waals surface area contributed by atoms with E-state index in [1.807, 2.05) is 24.3 Å². The molecule has 0 fully saturated rings. The summed E-state index contributed by atoms with van der Waals surface area (Å²) in [6.45, 7) is 2.10. The topological polar surface area (TPSA) is 0 Å². The molecule has 0 N–H and O–H groups in total. The lowest BCUT2D eigenvalue weighted by atomic mass is 9.82. The van der Waals surface area contributed by atoms with Crippen molar-refractivity contribution in [3.8, 4) is 0 Å². The molecule has 0 unspecified atom stereocenters. The Balaban J connectivity index is 3.05. The van der Waals surface area contributed by atoms with Gasteiger partial charge in [0.05, 0.1) is 0 Å². The molecular formula is C11H13Cl3. The van der Waals surface area contributed by atoms with E-state index in [2.05, 4.69) is 6.92 Å². The molecule has 0 aliphatic carbocycles. The zero-order valence-electron chi connectivity index (χ0n) is 8.06. The molecule has 14 heavy (non-hydrogen) atoms. The van der Waals surface area contributed by atoms with Gasteiger partial charge in [-0.05, 0) is 24.1 Å². The average molecular weight is 252 g/mol. The monoisotopic (exact) mass is 250 g/mol. The van der Waals surface area contributed by atoms with Gasteiger partial charge in [-0.25, -0.2) is 0 Å². The van der Waals surface area contributed by atoms with Gasteiger partial charge < -0.3 is 0 Å². The molecule has 0 aromatic heterocycles. The number of alkyl halides is 2. The summed E-state index contributed by atoms with van der Waals surface area (Å²) in [5.41, 5.74) is 1.04. The average Bonchev–Trinajstić information content (AvgIpc) is 2.24. The second-order valence-corrected chi connectivity index (χ2v) is 4.38. The van der Waals surface area contributed by atoms with Gasteiger partial charge >= 0.3 is 0 Å². The zero-order chi connectivity index (χ0) is 10.6. The maximum absolute atomic E-state index is 5.98. The Morgan fingerprint density at radius 2 is 1.57 bits per heavy atom. The summed E-state index contributed by atoms with van der Waals surface area (Å²) in [5.74, 6) is 1.07. The first-order chi connectivity index (χ1) is 6.68. The maximum Gasteiger partial charge on any atom is 0.0406 e. The van der Waals surface area contributed by atoms with E-state index < -0.39 is 0 Å². The van der Waals surface area contributed by atoms with Crippen LogP contribution in [0, 0.1) is 0 Å². The Kier molecular flexibility index (Phi) is 4.56. The minimum absolute atomic E-state index is 0.117. The van der Waals surface area contributed by atoms with Gasteiger partial charge in [-0.2, -0.15) is 0 Å². The molecule has 0 heterocycles. The summed E-state index contributed by atoms with van der Waals surface area (Å²) >= 11 is 17.8. The molecule has 0 amide bonds. The smallest absolute Gasteiger partial charge is 0.0406 e. The fourth-order valence-electron chi connectivity index (χ4n) is 1.39. The molecule has 0 aliphatic heterocycles. The van der Waals surface area contributed by atoms with Crippen LogP contribution < -0.4 is 0 Å². The van der Waals surface area contributed by atoms with Crippen LogP contribution in [0.25, 0.3) is 0 Å². The Morgan fingerprint density at radius 3 is 1.93 bits per heavy atom. The van der Waals surface area contributed by atoms with E-state index in [9.17, 15) is 0 Å². The zero-order valence-corrected chi connectivity index (χ0v) is 10.3. The van der Waals surface area contributed by atoms with Gasteiger partial charge in [0.25, 0.3) is 0 Å². The van der Waals surface area contributed by atoms with Crippen molar-refractivity contribution in [3.05, 3.63) is 34.9 Å². The summed E-state index contributed by atoms with van der Waals surface area (Å²) in [5, 5.41) is 0.739. The Morgan fingerprint density at radius 1 is 1.07 bits per heavy atom. The van der Waals surface area contributed by atoms with Gasteiger partial charge in [0.2, 0.25) is 0 Å². The molecule has 1 aromatic carbocycles. The van der Waals surface area contributed by atoms with Crippen LogP contribution in [0.4, 0.5) is 0 Å². The largest absolute Gasteiger partial charge is 0.126 e. The van der Waals surface area contributed by atoms with E-state index in [1.54, 1.807) is 0 Å². The number of benzene rings is 1. The van der Waals surface area contributed by atoms with Crippen LogP contribution in [0.15, 0.2) is 24.3 Å². The second kappa shape index (κ2) is 5.25. The predicted octanol–water partition coefficient (Wildman–Crippen LogP) is 4.47. The van der Waals surface area contributed by atoms with Crippen molar-refractivity contribution >= 4 is 34.8 Å². The van der Waals surface area contributed by atoms with E-state index in [0.29, 0.717) is 11.8 Å². The highest BCUT2D eigenvalue weighted by Gasteiger charge is 2.28. The molecule has 0 spiro atoms. The molecule has 0 atom stereocenters. The highest BCUT2D eigenvalue weighted by atomic mass is 35.5. The number of hydrogen-bond acceptors (Lipinski definition) is 0. The van der Waals surface area contributed by atoms with Gasteiger partial charge in [-0.3, -0.25) is 0 Å². The summed E-state index contributed by atoms with van der Waals surface area (Å²) in [4.78, 5) is 0. The van der Waals surface area contributed by atoms with Crippen molar-refractivity contribution in [1.29, 1.82) is 0 Å². The van der Waals surface area contributed by atoms with E-state index in [0.717, 1.165) is 17.0 Å².